The van der Waals surface area contributed by atoms with Crippen LogP contribution in [0.1, 0.15) is 50.5 Å². The number of carbonyl (C=O) groups is 2. The fourth-order valence-corrected chi connectivity index (χ4v) is 3.62. The lowest BCUT2D eigenvalue weighted by Gasteiger charge is -2.30. The number of halogens is 1. The smallest absolute Gasteiger partial charge is 0.321 e. The molecule has 0 spiro atoms. The molecule has 1 aliphatic carbocycles. The van der Waals surface area contributed by atoms with E-state index in [9.17, 15) is 9.59 Å². The average Bonchev–Trinajstić information content (AvgIpc) is 2.84. The topological polar surface area (TPSA) is 58.2 Å². The van der Waals surface area contributed by atoms with Crippen LogP contribution in [0.4, 0.5) is 4.79 Å². The Morgan fingerprint density at radius 3 is 2.76 bits per heavy atom. The Hall–Kier alpha value is -1.36. The van der Waals surface area contributed by atoms with Gasteiger partial charge in [-0.05, 0) is 49.3 Å². The van der Waals surface area contributed by atoms with E-state index in [0.29, 0.717) is 12.3 Å². The quantitative estimate of drug-likeness (QED) is 0.793. The maximum absolute atomic E-state index is 11.7. The number of hydrogen-bond acceptors (Lipinski definition) is 2. The van der Waals surface area contributed by atoms with Crippen LogP contribution < -0.4 is 10.6 Å². The van der Waals surface area contributed by atoms with Gasteiger partial charge in [0.25, 0.3) is 0 Å². The van der Waals surface area contributed by atoms with Gasteiger partial charge in [-0.3, -0.25) is 10.1 Å². The molecule has 21 heavy (non-hydrogen) atoms. The van der Waals surface area contributed by atoms with Crippen molar-refractivity contribution in [3.8, 4) is 0 Å². The highest BCUT2D eigenvalue weighted by Gasteiger charge is 2.40. The highest BCUT2D eigenvalue weighted by Crippen LogP contribution is 2.43. The van der Waals surface area contributed by atoms with Crippen molar-refractivity contribution in [1.82, 2.24) is 10.6 Å². The van der Waals surface area contributed by atoms with Crippen molar-refractivity contribution in [1.29, 1.82) is 0 Å². The van der Waals surface area contributed by atoms with Gasteiger partial charge in [0, 0.05) is 10.0 Å². The molecule has 2 rings (SSSR count). The Morgan fingerprint density at radius 1 is 1.43 bits per heavy atom. The summed E-state index contributed by atoms with van der Waals surface area (Å²) in [5.41, 5.74) is 1.12. The van der Waals surface area contributed by atoms with Gasteiger partial charge in [0.1, 0.15) is 0 Å². The molecule has 2 N–H and O–H groups in total. The second kappa shape index (κ2) is 7.07. The predicted molar refractivity (Wildman–Crippen MR) is 86.1 cm³/mol. The van der Waals surface area contributed by atoms with Crippen LogP contribution in [0, 0.1) is 0 Å². The summed E-state index contributed by atoms with van der Waals surface area (Å²) in [6.07, 6.45) is 5.31. The number of nitrogens with one attached hydrogen (secondary N) is 2. The van der Waals surface area contributed by atoms with Crippen molar-refractivity contribution in [3.05, 3.63) is 34.3 Å². The molecule has 0 heterocycles. The standard InChI is InChI=1S/C16H21BrN2O2/c1-2-8-16(19-15(21)18-11-20)9-7-13(10-16)12-3-5-14(17)6-4-12/h3-6,11,13H,2,7-10H2,1H3,(H2,18,19,20,21)/t13-,16?/m0/s1. The van der Waals surface area contributed by atoms with Crippen LogP contribution in [0.25, 0.3) is 0 Å². The van der Waals surface area contributed by atoms with Crippen molar-refractivity contribution in [2.24, 2.45) is 0 Å². The van der Waals surface area contributed by atoms with E-state index in [1.54, 1.807) is 0 Å². The van der Waals surface area contributed by atoms with Crippen molar-refractivity contribution < 1.29 is 9.59 Å². The van der Waals surface area contributed by atoms with Gasteiger partial charge in [-0.15, -0.1) is 0 Å². The van der Waals surface area contributed by atoms with Gasteiger partial charge in [-0.25, -0.2) is 4.79 Å². The minimum atomic E-state index is -0.394. The minimum absolute atomic E-state index is 0.195. The van der Waals surface area contributed by atoms with Gasteiger partial charge in [0.15, 0.2) is 0 Å². The molecule has 0 saturated heterocycles. The molecule has 1 aromatic carbocycles. The molecule has 1 fully saturated rings. The maximum atomic E-state index is 11.7. The molecule has 0 radical (unpaired) electrons. The molecule has 114 valence electrons. The van der Waals surface area contributed by atoms with E-state index >= 15 is 0 Å². The number of imide groups is 1. The number of amides is 3. The van der Waals surface area contributed by atoms with E-state index in [2.05, 4.69) is 57.8 Å². The minimum Gasteiger partial charge on any atom is -0.332 e. The van der Waals surface area contributed by atoms with Crippen LogP contribution >= 0.6 is 15.9 Å². The lowest BCUT2D eigenvalue weighted by Crippen LogP contribution is -2.50. The Labute approximate surface area is 133 Å². The molecule has 3 amide bonds. The zero-order valence-corrected chi connectivity index (χ0v) is 13.8. The van der Waals surface area contributed by atoms with Crippen LogP contribution in [-0.2, 0) is 4.79 Å². The summed E-state index contributed by atoms with van der Waals surface area (Å²) in [6.45, 7) is 2.12. The van der Waals surface area contributed by atoms with E-state index in [0.717, 1.165) is 36.6 Å². The van der Waals surface area contributed by atoms with E-state index in [1.165, 1.54) is 5.56 Å². The number of benzene rings is 1. The zero-order chi connectivity index (χ0) is 15.3. The fourth-order valence-electron chi connectivity index (χ4n) is 3.36. The van der Waals surface area contributed by atoms with Gasteiger partial charge >= 0.3 is 6.03 Å². The van der Waals surface area contributed by atoms with Crippen LogP contribution in [0.5, 0.6) is 0 Å². The fraction of sp³-hybridized carbons (Fsp3) is 0.500. The summed E-state index contributed by atoms with van der Waals surface area (Å²) < 4.78 is 1.08. The Kier molecular flexibility index (Phi) is 5.39. The van der Waals surface area contributed by atoms with Crippen LogP contribution in [0.2, 0.25) is 0 Å². The SMILES string of the molecule is CCCC1(NC(=O)NC=O)CC[C@H](c2ccc(Br)cc2)C1. The highest BCUT2D eigenvalue weighted by molar-refractivity contribution is 9.10. The molecule has 1 aliphatic rings. The zero-order valence-electron chi connectivity index (χ0n) is 12.2. The van der Waals surface area contributed by atoms with Gasteiger partial charge < -0.3 is 5.32 Å². The van der Waals surface area contributed by atoms with Crippen LogP contribution in [-0.4, -0.2) is 18.0 Å². The van der Waals surface area contributed by atoms with Crippen molar-refractivity contribution in [3.63, 3.8) is 0 Å². The van der Waals surface area contributed by atoms with E-state index in [4.69, 9.17) is 0 Å². The molecule has 1 unspecified atom stereocenters. The van der Waals surface area contributed by atoms with Gasteiger partial charge in [-0.2, -0.15) is 0 Å². The average molecular weight is 353 g/mol. The molecule has 0 aliphatic heterocycles. The van der Waals surface area contributed by atoms with Gasteiger partial charge in [0.05, 0.1) is 0 Å². The summed E-state index contributed by atoms with van der Waals surface area (Å²) in [6, 6.07) is 8.00. The summed E-state index contributed by atoms with van der Waals surface area (Å²) in [5.74, 6) is 0.459. The molecular formula is C16H21BrN2O2. The number of carbonyl (C=O) groups excluding carboxylic acids is 2. The number of rotatable bonds is 5. The number of urea groups is 1. The predicted octanol–water partition coefficient (Wildman–Crippen LogP) is 3.71. The van der Waals surface area contributed by atoms with Crippen LogP contribution in [0.15, 0.2) is 28.7 Å². The van der Waals surface area contributed by atoms with E-state index < -0.39 is 6.03 Å². The maximum Gasteiger partial charge on any atom is 0.321 e. The second-order valence-electron chi connectivity index (χ2n) is 5.74. The van der Waals surface area contributed by atoms with Gasteiger partial charge in [-0.1, -0.05) is 41.4 Å². The molecule has 1 saturated carbocycles. The monoisotopic (exact) mass is 352 g/mol. The summed E-state index contributed by atoms with van der Waals surface area (Å²) >= 11 is 3.45. The summed E-state index contributed by atoms with van der Waals surface area (Å²) in [5, 5.41) is 5.20. The molecule has 5 heteroatoms. The lowest BCUT2D eigenvalue weighted by molar-refractivity contribution is -0.108. The van der Waals surface area contributed by atoms with E-state index in [-0.39, 0.29) is 5.54 Å². The Bertz CT molecular complexity index is 504. The normalized spacial score (nSPS) is 24.6. The lowest BCUT2D eigenvalue weighted by atomic mass is 9.89. The first kappa shape index (κ1) is 16.0. The highest BCUT2D eigenvalue weighted by atomic mass is 79.9. The molecule has 4 nitrogen and oxygen atoms in total. The number of hydrogen-bond donors (Lipinski definition) is 2. The van der Waals surface area contributed by atoms with Crippen molar-refractivity contribution in [2.45, 2.75) is 50.5 Å². The Morgan fingerprint density at radius 2 is 2.14 bits per heavy atom. The second-order valence-corrected chi connectivity index (χ2v) is 6.65. The van der Waals surface area contributed by atoms with Gasteiger partial charge in [0.2, 0.25) is 6.41 Å². The summed E-state index contributed by atoms with van der Waals surface area (Å²) in [4.78, 5) is 22.1. The molecular weight excluding hydrogens is 332 g/mol. The first-order chi connectivity index (χ1) is 10.1. The third kappa shape index (κ3) is 4.06. The third-order valence-corrected chi connectivity index (χ3v) is 4.78. The summed E-state index contributed by atoms with van der Waals surface area (Å²) in [7, 11) is 0. The largest absolute Gasteiger partial charge is 0.332 e. The molecule has 2 atom stereocenters. The Balaban J connectivity index is 2.09. The van der Waals surface area contributed by atoms with E-state index in [1.807, 2.05) is 0 Å². The first-order valence-electron chi connectivity index (χ1n) is 7.36. The molecule has 1 aromatic rings. The third-order valence-electron chi connectivity index (χ3n) is 4.25. The molecule has 0 bridgehead atoms. The van der Waals surface area contributed by atoms with Crippen molar-refractivity contribution in [2.75, 3.05) is 0 Å². The molecule has 0 aromatic heterocycles. The van der Waals surface area contributed by atoms with Crippen molar-refractivity contribution >= 4 is 28.4 Å². The van der Waals surface area contributed by atoms with Crippen LogP contribution in [0.3, 0.4) is 0 Å². The first-order valence-corrected chi connectivity index (χ1v) is 8.15.